The summed E-state index contributed by atoms with van der Waals surface area (Å²) in [5, 5.41) is 2.33. The van der Waals surface area contributed by atoms with Crippen molar-refractivity contribution in [2.75, 3.05) is 76.7 Å². The molecule has 3 rings (SSSR count). The first-order chi connectivity index (χ1) is 19.9. The van der Waals surface area contributed by atoms with Gasteiger partial charge in [0.2, 0.25) is 0 Å². The normalized spacial score (nSPS) is 11.0. The van der Waals surface area contributed by atoms with E-state index >= 15 is 0 Å². The monoisotopic (exact) mass is 590 g/mol. The summed E-state index contributed by atoms with van der Waals surface area (Å²) in [6.45, 7) is 0.421. The van der Waals surface area contributed by atoms with E-state index in [1.807, 2.05) is 36.4 Å². The second-order valence-corrected chi connectivity index (χ2v) is 12.2. The van der Waals surface area contributed by atoms with E-state index in [1.165, 1.54) is 0 Å². The van der Waals surface area contributed by atoms with Gasteiger partial charge in [0.1, 0.15) is 24.5 Å². The molecule has 3 aromatic carbocycles. The molecule has 0 amide bonds. The van der Waals surface area contributed by atoms with Crippen molar-refractivity contribution < 1.29 is 42.6 Å². The zero-order valence-corrected chi connectivity index (χ0v) is 26.2. The number of ether oxygens (including phenoxy) is 9. The molecule has 0 aliphatic carbocycles. The molecule has 3 aromatic rings. The molecule has 0 saturated heterocycles. The van der Waals surface area contributed by atoms with Crippen molar-refractivity contribution in [3.63, 3.8) is 0 Å². The minimum absolute atomic E-state index is 0.421. The Labute approximate surface area is 242 Å². The molecule has 0 atom stereocenters. The topological polar surface area (TPSA) is 109 Å². The maximum Gasteiger partial charge on any atom is 0.188 e. The fourth-order valence-electron chi connectivity index (χ4n) is 5.09. The quantitative estimate of drug-likeness (QED) is 0.265. The first-order valence-electron chi connectivity index (χ1n) is 12.9. The van der Waals surface area contributed by atoms with Crippen molar-refractivity contribution in [1.29, 1.82) is 0 Å². The second-order valence-electron chi connectivity index (χ2n) is 8.82. The lowest BCUT2D eigenvalue weighted by atomic mass is 10.3. The van der Waals surface area contributed by atoms with Crippen molar-refractivity contribution >= 4 is 23.2 Å². The summed E-state index contributed by atoms with van der Waals surface area (Å²) >= 11 is 0. The van der Waals surface area contributed by atoms with Gasteiger partial charge in [-0.05, 0) is 13.0 Å². The molecule has 0 bridgehead atoms. The number of nitrogens with two attached hydrogens (primary N) is 1. The number of methoxy groups -OCH3 is 9. The van der Waals surface area contributed by atoms with E-state index in [2.05, 4.69) is 0 Å². The lowest BCUT2D eigenvalue weighted by Crippen LogP contribution is -2.38. The first-order valence-corrected chi connectivity index (χ1v) is 14.8. The standard InChI is InChI=1S/C30H41NO9P/c1-32-19-13-22(35-4)28(23(14-19)36-5)41(12-10-11-31,29-24(37-6)15-20(33-2)16-25(29)38-7)30-26(39-8)17-21(34-3)18-27(30)40-9/h13-18H,10-12,31H2,1-9H3/q+1. The van der Waals surface area contributed by atoms with Gasteiger partial charge in [0, 0.05) is 36.4 Å². The summed E-state index contributed by atoms with van der Waals surface area (Å²) in [5.74, 6) is 5.00. The highest BCUT2D eigenvalue weighted by Gasteiger charge is 2.57. The van der Waals surface area contributed by atoms with Crippen LogP contribution in [0.25, 0.3) is 0 Å². The third-order valence-electron chi connectivity index (χ3n) is 6.91. The van der Waals surface area contributed by atoms with Crippen molar-refractivity contribution in [1.82, 2.24) is 0 Å². The van der Waals surface area contributed by atoms with Gasteiger partial charge in [-0.15, -0.1) is 0 Å². The summed E-state index contributed by atoms with van der Waals surface area (Å²) in [5.41, 5.74) is 6.20. The van der Waals surface area contributed by atoms with Crippen molar-refractivity contribution in [2.24, 2.45) is 5.73 Å². The Morgan fingerprint density at radius 1 is 0.439 bits per heavy atom. The Morgan fingerprint density at radius 2 is 0.683 bits per heavy atom. The lowest BCUT2D eigenvalue weighted by Gasteiger charge is -2.33. The molecule has 0 aliphatic rings. The Morgan fingerprint density at radius 3 is 0.854 bits per heavy atom. The van der Waals surface area contributed by atoms with Crippen LogP contribution >= 0.6 is 7.26 Å². The third kappa shape index (κ3) is 5.85. The number of hydrogen-bond donors (Lipinski definition) is 1. The van der Waals surface area contributed by atoms with Gasteiger partial charge in [0.05, 0.1) is 70.2 Å². The predicted octanol–water partition coefficient (Wildman–Crippen LogP) is 3.41. The zero-order chi connectivity index (χ0) is 30.2. The molecule has 0 spiro atoms. The van der Waals surface area contributed by atoms with E-state index in [0.29, 0.717) is 70.9 Å². The van der Waals surface area contributed by atoms with Gasteiger partial charge >= 0.3 is 0 Å². The molecule has 0 heterocycles. The Bertz CT molecular complexity index is 1100. The summed E-state index contributed by atoms with van der Waals surface area (Å²) in [6.07, 6.45) is 1.18. The minimum atomic E-state index is -2.98. The van der Waals surface area contributed by atoms with Crippen molar-refractivity contribution in [3.8, 4) is 51.7 Å². The van der Waals surface area contributed by atoms with Gasteiger partial charge in [0.25, 0.3) is 0 Å². The highest BCUT2D eigenvalue weighted by Crippen LogP contribution is 2.66. The Balaban J connectivity index is 2.78. The Hall–Kier alpha value is -3.75. The minimum Gasteiger partial charge on any atom is -0.496 e. The van der Waals surface area contributed by atoms with Crippen LogP contribution in [0.3, 0.4) is 0 Å². The fourth-order valence-corrected chi connectivity index (χ4v) is 10.3. The fraction of sp³-hybridized carbons (Fsp3) is 0.400. The van der Waals surface area contributed by atoms with Crippen LogP contribution in [-0.4, -0.2) is 76.7 Å². The molecule has 41 heavy (non-hydrogen) atoms. The van der Waals surface area contributed by atoms with Gasteiger partial charge in [-0.25, -0.2) is 0 Å². The largest absolute Gasteiger partial charge is 0.496 e. The molecular weight excluding hydrogens is 549 g/mol. The van der Waals surface area contributed by atoms with Crippen LogP contribution in [0.15, 0.2) is 36.4 Å². The third-order valence-corrected chi connectivity index (χ3v) is 11.5. The summed E-state index contributed by atoms with van der Waals surface area (Å²) in [4.78, 5) is 0. The maximum atomic E-state index is 6.20. The van der Waals surface area contributed by atoms with E-state index in [4.69, 9.17) is 48.4 Å². The van der Waals surface area contributed by atoms with Crippen LogP contribution in [0.2, 0.25) is 0 Å². The highest BCUT2D eigenvalue weighted by molar-refractivity contribution is 7.96. The molecule has 224 valence electrons. The van der Waals surface area contributed by atoms with Crippen LogP contribution in [0.1, 0.15) is 6.42 Å². The van der Waals surface area contributed by atoms with Gasteiger partial charge in [0.15, 0.2) is 50.4 Å². The molecule has 0 radical (unpaired) electrons. The smallest absolute Gasteiger partial charge is 0.188 e. The van der Waals surface area contributed by atoms with Crippen molar-refractivity contribution in [3.05, 3.63) is 36.4 Å². The zero-order valence-electron chi connectivity index (χ0n) is 25.3. The summed E-state index contributed by atoms with van der Waals surface area (Å²) in [6, 6.07) is 11.0. The van der Waals surface area contributed by atoms with Crippen LogP contribution in [0, 0.1) is 0 Å². The molecule has 2 N–H and O–H groups in total. The van der Waals surface area contributed by atoms with E-state index < -0.39 is 7.26 Å². The van der Waals surface area contributed by atoms with Crippen LogP contribution < -0.4 is 64.3 Å². The molecular formula is C30H41NO9P+. The average molecular weight is 591 g/mol. The molecule has 0 saturated carbocycles. The molecule has 0 aromatic heterocycles. The molecule has 10 nitrogen and oxygen atoms in total. The maximum absolute atomic E-state index is 6.20. The molecule has 11 heteroatoms. The van der Waals surface area contributed by atoms with Gasteiger partial charge in [-0.1, -0.05) is 0 Å². The van der Waals surface area contributed by atoms with Gasteiger partial charge < -0.3 is 48.4 Å². The highest BCUT2D eigenvalue weighted by atomic mass is 31.2. The number of benzene rings is 3. The van der Waals surface area contributed by atoms with E-state index in [9.17, 15) is 0 Å². The number of hydrogen-bond acceptors (Lipinski definition) is 10. The summed E-state index contributed by atoms with van der Waals surface area (Å²) in [7, 11) is 11.5. The average Bonchev–Trinajstić information content (AvgIpc) is 3.03. The van der Waals surface area contributed by atoms with Crippen LogP contribution in [0.5, 0.6) is 51.7 Å². The molecule has 0 unspecified atom stereocenters. The molecule has 0 aliphatic heterocycles. The second kappa shape index (κ2) is 14.2. The Kier molecular flexibility index (Phi) is 11.0. The lowest BCUT2D eigenvalue weighted by molar-refractivity contribution is 0.378. The van der Waals surface area contributed by atoms with E-state index in [1.54, 1.807) is 64.0 Å². The van der Waals surface area contributed by atoms with Gasteiger partial charge in [-0.3, -0.25) is 0 Å². The number of rotatable bonds is 15. The molecule has 0 fully saturated rings. The van der Waals surface area contributed by atoms with Crippen LogP contribution in [0.4, 0.5) is 0 Å². The first kappa shape index (κ1) is 31.8. The van der Waals surface area contributed by atoms with E-state index in [-0.39, 0.29) is 0 Å². The van der Waals surface area contributed by atoms with Gasteiger partial charge in [-0.2, -0.15) is 0 Å². The van der Waals surface area contributed by atoms with Crippen LogP contribution in [-0.2, 0) is 0 Å². The summed E-state index contributed by atoms with van der Waals surface area (Å²) < 4.78 is 53.2. The van der Waals surface area contributed by atoms with Crippen molar-refractivity contribution in [2.45, 2.75) is 6.42 Å². The predicted molar refractivity (Wildman–Crippen MR) is 163 cm³/mol. The van der Waals surface area contributed by atoms with E-state index in [0.717, 1.165) is 15.9 Å². The SMILES string of the molecule is COc1cc(OC)c([P+](CCCN)(c2c(OC)cc(OC)cc2OC)c2c(OC)cc(OC)cc2OC)c(OC)c1.